The molecule has 0 spiro atoms. The maximum absolute atomic E-state index is 12.0. The van der Waals surface area contributed by atoms with Crippen molar-refractivity contribution in [1.82, 2.24) is 25.1 Å². The monoisotopic (exact) mass is 386 g/mol. The van der Waals surface area contributed by atoms with Gasteiger partial charge in [0.1, 0.15) is 18.2 Å². The van der Waals surface area contributed by atoms with Crippen molar-refractivity contribution in [3.8, 4) is 5.88 Å². The van der Waals surface area contributed by atoms with Crippen LogP contribution in [0.25, 0.3) is 0 Å². The van der Waals surface area contributed by atoms with Crippen molar-refractivity contribution in [1.29, 1.82) is 0 Å². The molecule has 0 bridgehead atoms. The number of carbonyl (C=O) groups excluding carboxylic acids is 1. The fourth-order valence-electron chi connectivity index (χ4n) is 3.21. The number of ether oxygens (including phenoxy) is 2. The number of amides is 1. The van der Waals surface area contributed by atoms with E-state index in [1.165, 1.54) is 19.2 Å². The summed E-state index contributed by atoms with van der Waals surface area (Å²) in [6.07, 6.45) is 5.05. The zero-order chi connectivity index (χ0) is 19.5. The fraction of sp³-hybridized carbons (Fsp3) is 0.579. The molecule has 0 aromatic carbocycles. The molecule has 2 N–H and O–H groups in total. The topological polar surface area (TPSA) is 105 Å². The molecular formula is C19H26N6O3. The van der Waals surface area contributed by atoms with Gasteiger partial charge in [-0.15, -0.1) is 0 Å². The molecule has 1 aliphatic carbocycles. The lowest BCUT2D eigenvalue weighted by Gasteiger charge is -2.31. The van der Waals surface area contributed by atoms with Gasteiger partial charge in [-0.3, -0.25) is 5.10 Å². The van der Waals surface area contributed by atoms with Crippen molar-refractivity contribution in [2.24, 2.45) is 0 Å². The van der Waals surface area contributed by atoms with E-state index in [0.717, 1.165) is 24.4 Å². The van der Waals surface area contributed by atoms with Gasteiger partial charge in [-0.1, -0.05) is 0 Å². The smallest absolute Gasteiger partial charge is 0.410 e. The number of H-pyrrole nitrogens is 1. The number of nitrogens with zero attached hydrogens (tertiary/aromatic N) is 4. The second-order valence-electron chi connectivity index (χ2n) is 7.59. The van der Waals surface area contributed by atoms with Crippen LogP contribution < -0.4 is 10.1 Å². The molecule has 4 rings (SSSR count). The van der Waals surface area contributed by atoms with E-state index in [2.05, 4.69) is 25.5 Å². The third kappa shape index (κ3) is 4.71. The zero-order valence-corrected chi connectivity index (χ0v) is 16.2. The molecule has 150 valence electrons. The van der Waals surface area contributed by atoms with Crippen LogP contribution >= 0.6 is 0 Å². The van der Waals surface area contributed by atoms with E-state index in [4.69, 9.17) is 9.47 Å². The van der Waals surface area contributed by atoms with Crippen molar-refractivity contribution < 1.29 is 14.3 Å². The Bertz CT molecular complexity index is 812. The Morgan fingerprint density at radius 2 is 1.96 bits per heavy atom. The molecule has 2 aliphatic rings. The second kappa shape index (κ2) is 8.04. The summed E-state index contributed by atoms with van der Waals surface area (Å²) in [4.78, 5) is 22.1. The lowest BCUT2D eigenvalue weighted by atomic mass is 10.1. The number of piperidine rings is 1. The highest BCUT2D eigenvalue weighted by Gasteiger charge is 2.26. The Morgan fingerprint density at radius 1 is 1.18 bits per heavy atom. The molecule has 1 saturated heterocycles. The largest absolute Gasteiger partial charge is 0.474 e. The lowest BCUT2D eigenvalue weighted by Crippen LogP contribution is -2.42. The summed E-state index contributed by atoms with van der Waals surface area (Å²) in [6, 6.07) is 3.79. The number of aromatic nitrogens is 4. The van der Waals surface area contributed by atoms with Crippen molar-refractivity contribution in [2.75, 3.05) is 18.4 Å². The number of anilines is 2. The Balaban J connectivity index is 1.29. The first-order valence-corrected chi connectivity index (χ1v) is 9.83. The van der Waals surface area contributed by atoms with Crippen molar-refractivity contribution in [3.63, 3.8) is 0 Å². The molecule has 2 fully saturated rings. The van der Waals surface area contributed by atoms with Gasteiger partial charge in [0.15, 0.2) is 5.82 Å². The summed E-state index contributed by atoms with van der Waals surface area (Å²) in [5, 5.41) is 10.5. The third-order valence-electron chi connectivity index (χ3n) is 4.84. The molecule has 9 nitrogen and oxygen atoms in total. The molecule has 9 heteroatoms. The Morgan fingerprint density at radius 3 is 2.68 bits per heavy atom. The van der Waals surface area contributed by atoms with Crippen molar-refractivity contribution >= 4 is 17.7 Å². The summed E-state index contributed by atoms with van der Waals surface area (Å²) in [5.74, 6) is 2.51. The van der Waals surface area contributed by atoms with Crippen LogP contribution in [-0.4, -0.2) is 56.5 Å². The van der Waals surface area contributed by atoms with Gasteiger partial charge in [-0.25, -0.2) is 14.8 Å². The predicted molar refractivity (Wildman–Crippen MR) is 103 cm³/mol. The highest BCUT2D eigenvalue weighted by atomic mass is 16.6. The Labute approximate surface area is 163 Å². The van der Waals surface area contributed by atoms with E-state index in [1.54, 1.807) is 11.0 Å². The number of aromatic amines is 1. The SMILES string of the molecule is CC(C)OC(=O)N1CCC(Oc2cc(Nc3cc(C4CC4)[nH]n3)ncn2)CC1. The standard InChI is InChI=1S/C19H26N6O3/c1-12(2)27-19(26)25-7-5-14(6-8-25)28-18-10-16(20-11-21-18)22-17-9-15(23-24-17)13-3-4-13/h9-14H,3-8H2,1-2H3,(H2,20,21,22,23,24). The van der Waals surface area contributed by atoms with Gasteiger partial charge < -0.3 is 19.7 Å². The van der Waals surface area contributed by atoms with Gasteiger partial charge in [-0.2, -0.15) is 5.10 Å². The average Bonchev–Trinajstić information content (AvgIpc) is 3.42. The second-order valence-corrected chi connectivity index (χ2v) is 7.59. The lowest BCUT2D eigenvalue weighted by molar-refractivity contribution is 0.0507. The highest BCUT2D eigenvalue weighted by Crippen LogP contribution is 2.39. The number of hydrogen-bond acceptors (Lipinski definition) is 7. The van der Waals surface area contributed by atoms with Gasteiger partial charge >= 0.3 is 6.09 Å². The molecular weight excluding hydrogens is 360 g/mol. The normalized spacial score (nSPS) is 17.6. The quantitative estimate of drug-likeness (QED) is 0.785. The number of hydrogen-bond donors (Lipinski definition) is 2. The summed E-state index contributed by atoms with van der Waals surface area (Å²) < 4.78 is 11.2. The molecule has 3 heterocycles. The van der Waals surface area contributed by atoms with Crippen LogP contribution in [0.3, 0.4) is 0 Å². The molecule has 28 heavy (non-hydrogen) atoms. The Hall–Kier alpha value is -2.84. The maximum atomic E-state index is 12.0. The maximum Gasteiger partial charge on any atom is 0.410 e. The van der Waals surface area contributed by atoms with Crippen LogP contribution in [0.4, 0.5) is 16.4 Å². The summed E-state index contributed by atoms with van der Waals surface area (Å²) >= 11 is 0. The van der Waals surface area contributed by atoms with Gasteiger partial charge in [0.25, 0.3) is 0 Å². The third-order valence-corrected chi connectivity index (χ3v) is 4.84. The van der Waals surface area contributed by atoms with E-state index in [-0.39, 0.29) is 18.3 Å². The first kappa shape index (κ1) is 18.5. The fourth-order valence-corrected chi connectivity index (χ4v) is 3.21. The molecule has 0 radical (unpaired) electrons. The van der Waals surface area contributed by atoms with Crippen LogP contribution in [0.1, 0.15) is 51.1 Å². The van der Waals surface area contributed by atoms with Crippen molar-refractivity contribution in [2.45, 2.75) is 57.7 Å². The molecule has 2 aromatic heterocycles. The Kier molecular flexibility index (Phi) is 5.31. The predicted octanol–water partition coefficient (Wildman–Crippen LogP) is 3.21. The van der Waals surface area contributed by atoms with Crippen LogP contribution in [0, 0.1) is 0 Å². The molecule has 2 aromatic rings. The molecule has 1 saturated carbocycles. The number of likely N-dealkylation sites (tertiary alicyclic amines) is 1. The van der Waals surface area contributed by atoms with Gasteiger partial charge in [0, 0.05) is 49.7 Å². The zero-order valence-electron chi connectivity index (χ0n) is 16.2. The minimum atomic E-state index is -0.258. The summed E-state index contributed by atoms with van der Waals surface area (Å²) in [5.41, 5.74) is 1.16. The number of rotatable bonds is 6. The van der Waals surface area contributed by atoms with E-state index >= 15 is 0 Å². The molecule has 0 atom stereocenters. The molecule has 1 aliphatic heterocycles. The summed E-state index contributed by atoms with van der Waals surface area (Å²) in [7, 11) is 0. The molecule has 0 unspecified atom stereocenters. The average molecular weight is 386 g/mol. The van der Waals surface area contributed by atoms with Crippen LogP contribution in [0.15, 0.2) is 18.5 Å². The number of carbonyl (C=O) groups is 1. The minimum absolute atomic E-state index is 0.0118. The van der Waals surface area contributed by atoms with Crippen LogP contribution in [0.5, 0.6) is 5.88 Å². The highest BCUT2D eigenvalue weighted by molar-refractivity contribution is 5.67. The summed E-state index contributed by atoms with van der Waals surface area (Å²) in [6.45, 7) is 4.93. The van der Waals surface area contributed by atoms with E-state index in [9.17, 15) is 4.79 Å². The van der Waals surface area contributed by atoms with Gasteiger partial charge in [0.05, 0.1) is 6.10 Å². The minimum Gasteiger partial charge on any atom is -0.474 e. The van der Waals surface area contributed by atoms with E-state index in [0.29, 0.717) is 30.7 Å². The first-order valence-electron chi connectivity index (χ1n) is 9.83. The van der Waals surface area contributed by atoms with Crippen molar-refractivity contribution in [3.05, 3.63) is 24.2 Å². The van der Waals surface area contributed by atoms with Gasteiger partial charge in [-0.05, 0) is 26.7 Å². The van der Waals surface area contributed by atoms with E-state index in [1.807, 2.05) is 19.9 Å². The van der Waals surface area contributed by atoms with Gasteiger partial charge in [0.2, 0.25) is 5.88 Å². The van der Waals surface area contributed by atoms with E-state index < -0.39 is 0 Å². The first-order chi connectivity index (χ1) is 13.6. The van der Waals surface area contributed by atoms with Crippen LogP contribution in [0.2, 0.25) is 0 Å². The number of nitrogens with one attached hydrogen (secondary N) is 2. The molecule has 1 amide bonds. The van der Waals surface area contributed by atoms with Crippen LogP contribution in [-0.2, 0) is 4.74 Å².